The van der Waals surface area contributed by atoms with E-state index in [-0.39, 0.29) is 12.3 Å². The van der Waals surface area contributed by atoms with Crippen LogP contribution in [0.4, 0.5) is 5.69 Å². The normalized spacial score (nSPS) is 18.9. The molecule has 0 amide bonds. The van der Waals surface area contributed by atoms with Gasteiger partial charge in [-0.25, -0.2) is 13.1 Å². The first-order valence-corrected chi connectivity index (χ1v) is 8.26. The van der Waals surface area contributed by atoms with E-state index in [0.29, 0.717) is 6.04 Å². The average Bonchev–Trinajstić information content (AvgIpc) is 2.91. The van der Waals surface area contributed by atoms with E-state index < -0.39 is 10.0 Å². The van der Waals surface area contributed by atoms with Crippen molar-refractivity contribution in [3.8, 4) is 0 Å². The van der Waals surface area contributed by atoms with E-state index >= 15 is 0 Å². The SMILES string of the molecule is C=CCNS(=O)(=O)Cc1ccc(N[C@H]2CCOC2)cc1. The topological polar surface area (TPSA) is 67.4 Å². The third kappa shape index (κ3) is 4.63. The third-order valence-corrected chi connectivity index (χ3v) is 4.38. The zero-order valence-electron chi connectivity index (χ0n) is 11.3. The van der Waals surface area contributed by atoms with E-state index in [2.05, 4.69) is 16.6 Å². The predicted molar refractivity (Wildman–Crippen MR) is 80.1 cm³/mol. The molecular formula is C14H20N2O3S. The van der Waals surface area contributed by atoms with Crippen LogP contribution in [0, 0.1) is 0 Å². The molecule has 1 heterocycles. The van der Waals surface area contributed by atoms with Crippen LogP contribution in [-0.2, 0) is 20.5 Å². The molecule has 5 nitrogen and oxygen atoms in total. The minimum Gasteiger partial charge on any atom is -0.380 e. The van der Waals surface area contributed by atoms with Crippen molar-refractivity contribution in [1.82, 2.24) is 4.72 Å². The summed E-state index contributed by atoms with van der Waals surface area (Å²) in [7, 11) is -3.29. The van der Waals surface area contributed by atoms with Gasteiger partial charge >= 0.3 is 0 Å². The van der Waals surface area contributed by atoms with Gasteiger partial charge < -0.3 is 10.1 Å². The van der Waals surface area contributed by atoms with Gasteiger partial charge in [-0.05, 0) is 24.1 Å². The van der Waals surface area contributed by atoms with Crippen molar-refractivity contribution in [2.45, 2.75) is 18.2 Å². The van der Waals surface area contributed by atoms with E-state index in [1.54, 1.807) is 0 Å². The van der Waals surface area contributed by atoms with Crippen LogP contribution >= 0.6 is 0 Å². The van der Waals surface area contributed by atoms with Gasteiger partial charge in [-0.3, -0.25) is 0 Å². The highest BCUT2D eigenvalue weighted by Crippen LogP contribution is 2.15. The number of hydrogen-bond donors (Lipinski definition) is 2. The fourth-order valence-electron chi connectivity index (χ4n) is 2.04. The first-order chi connectivity index (χ1) is 9.59. The van der Waals surface area contributed by atoms with Crippen molar-refractivity contribution in [3.05, 3.63) is 42.5 Å². The van der Waals surface area contributed by atoms with E-state index in [0.717, 1.165) is 30.9 Å². The molecule has 1 aliphatic heterocycles. The lowest BCUT2D eigenvalue weighted by molar-refractivity contribution is 0.195. The van der Waals surface area contributed by atoms with Gasteiger partial charge in [0.25, 0.3) is 0 Å². The van der Waals surface area contributed by atoms with Crippen molar-refractivity contribution in [2.24, 2.45) is 0 Å². The Hall–Kier alpha value is -1.37. The van der Waals surface area contributed by atoms with Gasteiger partial charge in [0.05, 0.1) is 18.4 Å². The highest BCUT2D eigenvalue weighted by molar-refractivity contribution is 7.88. The molecule has 110 valence electrons. The van der Waals surface area contributed by atoms with Crippen LogP contribution in [0.5, 0.6) is 0 Å². The smallest absolute Gasteiger partial charge is 0.216 e. The van der Waals surface area contributed by atoms with Crippen LogP contribution < -0.4 is 10.0 Å². The highest BCUT2D eigenvalue weighted by Gasteiger charge is 2.15. The molecule has 0 unspecified atom stereocenters. The number of ether oxygens (including phenoxy) is 1. The summed E-state index contributed by atoms with van der Waals surface area (Å²) in [6.07, 6.45) is 2.52. The maximum absolute atomic E-state index is 11.7. The molecule has 0 spiro atoms. The van der Waals surface area contributed by atoms with Crippen LogP contribution in [0.2, 0.25) is 0 Å². The standard InChI is InChI=1S/C14H20N2O3S/c1-2-8-15-20(17,18)11-12-3-5-13(6-4-12)16-14-7-9-19-10-14/h2-6,14-16H,1,7-11H2/t14-/m0/s1. The molecule has 20 heavy (non-hydrogen) atoms. The van der Waals surface area contributed by atoms with Crippen LogP contribution in [0.1, 0.15) is 12.0 Å². The molecule has 2 N–H and O–H groups in total. The molecule has 1 saturated heterocycles. The van der Waals surface area contributed by atoms with Crippen LogP contribution in [0.25, 0.3) is 0 Å². The first-order valence-electron chi connectivity index (χ1n) is 6.60. The zero-order chi connectivity index (χ0) is 14.4. The Morgan fingerprint density at radius 3 is 2.70 bits per heavy atom. The number of nitrogens with one attached hydrogen (secondary N) is 2. The largest absolute Gasteiger partial charge is 0.380 e. The molecule has 0 saturated carbocycles. The van der Waals surface area contributed by atoms with E-state index in [1.807, 2.05) is 24.3 Å². The second kappa shape index (κ2) is 6.88. The van der Waals surface area contributed by atoms with Crippen molar-refractivity contribution >= 4 is 15.7 Å². The van der Waals surface area contributed by atoms with Crippen LogP contribution in [0.15, 0.2) is 36.9 Å². The van der Waals surface area contributed by atoms with Gasteiger partial charge in [-0.15, -0.1) is 6.58 Å². The fourth-order valence-corrected chi connectivity index (χ4v) is 3.14. The summed E-state index contributed by atoms with van der Waals surface area (Å²) in [5.41, 5.74) is 1.75. The van der Waals surface area contributed by atoms with E-state index in [4.69, 9.17) is 4.74 Å². The van der Waals surface area contributed by atoms with Gasteiger partial charge in [0.2, 0.25) is 10.0 Å². The maximum atomic E-state index is 11.7. The molecule has 0 radical (unpaired) electrons. The van der Waals surface area contributed by atoms with Crippen molar-refractivity contribution in [2.75, 3.05) is 25.1 Å². The van der Waals surface area contributed by atoms with Crippen molar-refractivity contribution in [1.29, 1.82) is 0 Å². The van der Waals surface area contributed by atoms with E-state index in [1.165, 1.54) is 6.08 Å². The minimum absolute atomic E-state index is 0.0202. The van der Waals surface area contributed by atoms with Gasteiger partial charge in [-0.2, -0.15) is 0 Å². The Balaban J connectivity index is 1.92. The summed E-state index contributed by atoms with van der Waals surface area (Å²) in [5.74, 6) is -0.0202. The predicted octanol–water partition coefficient (Wildman–Crippen LogP) is 1.49. The molecule has 1 aliphatic rings. The summed E-state index contributed by atoms with van der Waals surface area (Å²) in [6, 6.07) is 7.79. The minimum atomic E-state index is -3.29. The zero-order valence-corrected chi connectivity index (χ0v) is 12.2. The summed E-state index contributed by atoms with van der Waals surface area (Å²) in [6.45, 7) is 5.26. The van der Waals surface area contributed by atoms with Gasteiger partial charge in [-0.1, -0.05) is 18.2 Å². The second-order valence-electron chi connectivity index (χ2n) is 4.80. The Labute approximate surface area is 120 Å². The van der Waals surface area contributed by atoms with Crippen molar-refractivity contribution < 1.29 is 13.2 Å². The molecule has 6 heteroatoms. The Morgan fingerprint density at radius 2 is 2.10 bits per heavy atom. The molecule has 0 bridgehead atoms. The average molecular weight is 296 g/mol. The van der Waals surface area contributed by atoms with E-state index in [9.17, 15) is 8.42 Å². The summed E-state index contributed by atoms with van der Waals surface area (Å²) in [5, 5.41) is 3.36. The lowest BCUT2D eigenvalue weighted by Gasteiger charge is -2.12. The second-order valence-corrected chi connectivity index (χ2v) is 6.60. The molecule has 1 aromatic rings. The Bertz CT molecular complexity index is 534. The lowest BCUT2D eigenvalue weighted by atomic mass is 10.2. The summed E-state index contributed by atoms with van der Waals surface area (Å²) >= 11 is 0. The van der Waals surface area contributed by atoms with Gasteiger partial charge in [0, 0.05) is 18.8 Å². The molecule has 1 fully saturated rings. The van der Waals surface area contributed by atoms with Gasteiger partial charge in [0.1, 0.15) is 0 Å². The molecular weight excluding hydrogens is 276 g/mol. The quantitative estimate of drug-likeness (QED) is 0.748. The molecule has 0 aromatic heterocycles. The monoisotopic (exact) mass is 296 g/mol. The molecule has 1 atom stereocenters. The Morgan fingerprint density at radius 1 is 1.35 bits per heavy atom. The van der Waals surface area contributed by atoms with Gasteiger partial charge in [0.15, 0.2) is 0 Å². The Kier molecular flexibility index (Phi) is 5.17. The fraction of sp³-hybridized carbons (Fsp3) is 0.429. The number of hydrogen-bond acceptors (Lipinski definition) is 4. The maximum Gasteiger partial charge on any atom is 0.216 e. The number of rotatable bonds is 7. The lowest BCUT2D eigenvalue weighted by Crippen LogP contribution is -2.25. The molecule has 2 rings (SSSR count). The first kappa shape index (κ1) is 15.0. The summed E-state index contributed by atoms with van der Waals surface area (Å²) in [4.78, 5) is 0. The molecule has 1 aromatic carbocycles. The molecule has 0 aliphatic carbocycles. The third-order valence-electron chi connectivity index (χ3n) is 3.06. The highest BCUT2D eigenvalue weighted by atomic mass is 32.2. The number of benzene rings is 1. The van der Waals surface area contributed by atoms with Crippen LogP contribution in [0.3, 0.4) is 0 Å². The number of anilines is 1. The number of sulfonamides is 1. The van der Waals surface area contributed by atoms with Crippen LogP contribution in [-0.4, -0.2) is 34.2 Å². The summed E-state index contributed by atoms with van der Waals surface area (Å²) < 4.78 is 31.2. The van der Waals surface area contributed by atoms with Crippen molar-refractivity contribution in [3.63, 3.8) is 0 Å².